The molecule has 0 unspecified atom stereocenters. The Morgan fingerprint density at radius 1 is 1.19 bits per heavy atom. The SMILES string of the molecule is CC[C@@H]1CN(Cc2ccc(OCC3=CC=CC3)nc2)C[C@H]1c1nc2c(cnn2C2CCOCC2)c(=O)[nH]1. The van der Waals surface area contributed by atoms with Crippen molar-refractivity contribution in [1.82, 2.24) is 29.6 Å². The van der Waals surface area contributed by atoms with Gasteiger partial charge in [-0.25, -0.2) is 14.6 Å². The molecule has 2 fully saturated rings. The summed E-state index contributed by atoms with van der Waals surface area (Å²) in [5.41, 5.74) is 3.01. The van der Waals surface area contributed by atoms with Gasteiger partial charge in [0.05, 0.1) is 12.2 Å². The first-order chi connectivity index (χ1) is 18.2. The van der Waals surface area contributed by atoms with Gasteiger partial charge in [0.15, 0.2) is 5.65 Å². The highest BCUT2D eigenvalue weighted by atomic mass is 16.5. The van der Waals surface area contributed by atoms with Gasteiger partial charge in [0.1, 0.15) is 17.8 Å². The molecule has 2 saturated heterocycles. The number of aromatic amines is 1. The molecule has 6 rings (SSSR count). The van der Waals surface area contributed by atoms with Gasteiger partial charge in [0, 0.05) is 51.0 Å². The molecule has 5 heterocycles. The molecule has 0 radical (unpaired) electrons. The highest BCUT2D eigenvalue weighted by Crippen LogP contribution is 2.34. The van der Waals surface area contributed by atoms with Gasteiger partial charge in [-0.15, -0.1) is 0 Å². The van der Waals surface area contributed by atoms with Crippen LogP contribution in [0.3, 0.4) is 0 Å². The normalized spacial score (nSPS) is 22.7. The van der Waals surface area contributed by atoms with E-state index in [1.165, 1.54) is 5.57 Å². The number of likely N-dealkylation sites (tertiary alicyclic amines) is 1. The Labute approximate surface area is 216 Å². The molecule has 3 aliphatic rings. The molecule has 9 heteroatoms. The lowest BCUT2D eigenvalue weighted by atomic mass is 9.93. The average molecular weight is 503 g/mol. The number of allylic oxidation sites excluding steroid dienone is 3. The molecule has 3 aromatic rings. The lowest BCUT2D eigenvalue weighted by Gasteiger charge is -2.23. The lowest BCUT2D eigenvalue weighted by Crippen LogP contribution is -2.23. The summed E-state index contributed by atoms with van der Waals surface area (Å²) in [7, 11) is 0. The second kappa shape index (κ2) is 10.6. The summed E-state index contributed by atoms with van der Waals surface area (Å²) >= 11 is 0. The number of ether oxygens (including phenoxy) is 2. The van der Waals surface area contributed by atoms with Crippen LogP contribution >= 0.6 is 0 Å². The van der Waals surface area contributed by atoms with E-state index in [1.54, 1.807) is 6.20 Å². The van der Waals surface area contributed by atoms with E-state index in [9.17, 15) is 4.79 Å². The smallest absolute Gasteiger partial charge is 0.262 e. The van der Waals surface area contributed by atoms with Crippen molar-refractivity contribution in [3.8, 4) is 5.88 Å². The maximum absolute atomic E-state index is 13.0. The van der Waals surface area contributed by atoms with Crippen molar-refractivity contribution in [2.75, 3.05) is 32.9 Å². The summed E-state index contributed by atoms with van der Waals surface area (Å²) in [5, 5.41) is 5.11. The standard InChI is InChI=1S/C28H34N6O3/c1-2-21-16-33(15-20-7-8-25(29-13-20)37-18-19-5-3-4-6-19)17-24(21)26-31-27-23(28(35)32-26)14-30-34(27)22-9-11-36-12-10-22/h3-5,7-8,13-14,21-22,24H,2,6,9-12,15-18H2,1H3,(H,31,32,35)/t21-,24-/m1/s1. The fourth-order valence-corrected chi connectivity index (χ4v) is 5.75. The van der Waals surface area contributed by atoms with E-state index < -0.39 is 0 Å². The molecule has 1 N–H and O–H groups in total. The summed E-state index contributed by atoms with van der Waals surface area (Å²) < 4.78 is 13.3. The topological polar surface area (TPSA) is 98.2 Å². The molecule has 37 heavy (non-hydrogen) atoms. The minimum Gasteiger partial charge on any atom is -0.473 e. The monoisotopic (exact) mass is 502 g/mol. The fraction of sp³-hybridized carbons (Fsp3) is 0.500. The first-order valence-corrected chi connectivity index (χ1v) is 13.4. The van der Waals surface area contributed by atoms with Crippen LogP contribution in [0.4, 0.5) is 0 Å². The summed E-state index contributed by atoms with van der Waals surface area (Å²) in [6.07, 6.45) is 13.6. The molecular formula is C28H34N6O3. The Morgan fingerprint density at radius 2 is 2.08 bits per heavy atom. The van der Waals surface area contributed by atoms with E-state index in [0.29, 0.717) is 29.4 Å². The van der Waals surface area contributed by atoms with Gasteiger partial charge >= 0.3 is 0 Å². The molecule has 9 nitrogen and oxygen atoms in total. The number of nitrogens with one attached hydrogen (secondary N) is 1. The first kappa shape index (κ1) is 24.1. The Morgan fingerprint density at radius 3 is 2.84 bits per heavy atom. The summed E-state index contributed by atoms with van der Waals surface area (Å²) in [6.45, 7) is 6.84. The van der Waals surface area contributed by atoms with E-state index >= 15 is 0 Å². The largest absolute Gasteiger partial charge is 0.473 e. The molecule has 3 aromatic heterocycles. The Bertz CT molecular complexity index is 1350. The van der Waals surface area contributed by atoms with Gasteiger partial charge in [-0.2, -0.15) is 5.10 Å². The van der Waals surface area contributed by atoms with Crippen LogP contribution < -0.4 is 10.3 Å². The molecule has 194 valence electrons. The average Bonchev–Trinajstić information content (AvgIpc) is 3.69. The highest BCUT2D eigenvalue weighted by molar-refractivity contribution is 5.73. The zero-order valence-corrected chi connectivity index (χ0v) is 21.3. The first-order valence-electron chi connectivity index (χ1n) is 13.4. The molecule has 0 amide bonds. The van der Waals surface area contributed by atoms with Crippen LogP contribution in [0.1, 0.15) is 56.0 Å². The minimum absolute atomic E-state index is 0.101. The minimum atomic E-state index is -0.101. The summed E-state index contributed by atoms with van der Waals surface area (Å²) in [5.74, 6) is 2.02. The van der Waals surface area contributed by atoms with E-state index in [1.807, 2.05) is 16.9 Å². The van der Waals surface area contributed by atoms with Crippen LogP contribution in [0.15, 0.2) is 53.1 Å². The quantitative estimate of drug-likeness (QED) is 0.501. The van der Waals surface area contributed by atoms with Crippen LogP contribution in [0.2, 0.25) is 0 Å². The van der Waals surface area contributed by atoms with Gasteiger partial charge in [-0.3, -0.25) is 9.69 Å². The third-order valence-corrected chi connectivity index (χ3v) is 7.87. The van der Waals surface area contributed by atoms with Crippen molar-refractivity contribution in [3.05, 3.63) is 70.1 Å². The number of nitrogens with zero attached hydrogens (tertiary/aromatic N) is 5. The predicted molar refractivity (Wildman–Crippen MR) is 141 cm³/mol. The van der Waals surface area contributed by atoms with E-state index in [-0.39, 0.29) is 17.5 Å². The highest BCUT2D eigenvalue weighted by Gasteiger charge is 2.35. The zero-order chi connectivity index (χ0) is 25.2. The van der Waals surface area contributed by atoms with Crippen molar-refractivity contribution >= 4 is 11.0 Å². The third-order valence-electron chi connectivity index (χ3n) is 7.87. The summed E-state index contributed by atoms with van der Waals surface area (Å²) in [4.78, 5) is 28.0. The second-order valence-corrected chi connectivity index (χ2v) is 10.3. The molecule has 0 bridgehead atoms. The van der Waals surface area contributed by atoms with Gasteiger partial charge in [-0.1, -0.05) is 37.6 Å². The van der Waals surface area contributed by atoms with E-state index in [2.05, 4.69) is 51.2 Å². The van der Waals surface area contributed by atoms with Crippen LogP contribution in [-0.4, -0.2) is 62.5 Å². The molecule has 2 atom stereocenters. The van der Waals surface area contributed by atoms with Gasteiger partial charge in [0.2, 0.25) is 5.88 Å². The van der Waals surface area contributed by atoms with Gasteiger partial charge in [0.25, 0.3) is 5.56 Å². The molecule has 0 spiro atoms. The van der Waals surface area contributed by atoms with Gasteiger partial charge < -0.3 is 14.5 Å². The number of fused-ring (bicyclic) bond motifs is 1. The third kappa shape index (κ3) is 5.10. The van der Waals surface area contributed by atoms with E-state index in [4.69, 9.17) is 14.5 Å². The number of aromatic nitrogens is 5. The van der Waals surface area contributed by atoms with Gasteiger partial charge in [-0.05, 0) is 36.3 Å². The Hall–Kier alpha value is -3.30. The van der Waals surface area contributed by atoms with Crippen molar-refractivity contribution in [1.29, 1.82) is 0 Å². The van der Waals surface area contributed by atoms with Crippen LogP contribution in [-0.2, 0) is 11.3 Å². The number of hydrogen-bond donors (Lipinski definition) is 1. The lowest BCUT2D eigenvalue weighted by molar-refractivity contribution is 0.0673. The Balaban J connectivity index is 1.16. The van der Waals surface area contributed by atoms with Crippen LogP contribution in [0.5, 0.6) is 5.88 Å². The Kier molecular flexibility index (Phi) is 6.89. The molecule has 0 aromatic carbocycles. The molecule has 0 saturated carbocycles. The van der Waals surface area contributed by atoms with Crippen LogP contribution in [0.25, 0.3) is 11.0 Å². The van der Waals surface area contributed by atoms with Crippen LogP contribution in [0, 0.1) is 5.92 Å². The maximum Gasteiger partial charge on any atom is 0.262 e. The number of hydrogen-bond acceptors (Lipinski definition) is 7. The molecular weight excluding hydrogens is 468 g/mol. The summed E-state index contributed by atoms with van der Waals surface area (Å²) in [6, 6.07) is 4.27. The number of rotatable bonds is 8. The number of pyridine rings is 1. The van der Waals surface area contributed by atoms with Crippen molar-refractivity contribution in [3.63, 3.8) is 0 Å². The van der Waals surface area contributed by atoms with Crippen molar-refractivity contribution < 1.29 is 9.47 Å². The second-order valence-electron chi connectivity index (χ2n) is 10.3. The van der Waals surface area contributed by atoms with Crippen molar-refractivity contribution in [2.24, 2.45) is 5.92 Å². The molecule has 2 aliphatic heterocycles. The fourth-order valence-electron chi connectivity index (χ4n) is 5.75. The number of H-pyrrole nitrogens is 1. The van der Waals surface area contributed by atoms with E-state index in [0.717, 1.165) is 69.9 Å². The maximum atomic E-state index is 13.0. The van der Waals surface area contributed by atoms with Crippen molar-refractivity contribution in [2.45, 2.75) is 51.1 Å². The predicted octanol–water partition coefficient (Wildman–Crippen LogP) is 3.76. The zero-order valence-electron chi connectivity index (χ0n) is 21.3. The molecule has 1 aliphatic carbocycles.